The zero-order valence-corrected chi connectivity index (χ0v) is 12.5. The van der Waals surface area contributed by atoms with Gasteiger partial charge in [-0.05, 0) is 16.2 Å². The number of hydrogen-bond donors (Lipinski definition) is 1. The molecule has 0 aliphatic carbocycles. The molecule has 0 heterocycles. The summed E-state index contributed by atoms with van der Waals surface area (Å²) in [4.78, 5) is 11.4. The van der Waals surface area contributed by atoms with E-state index in [9.17, 15) is 9.90 Å². The lowest BCUT2D eigenvalue weighted by molar-refractivity contribution is -0.137. The van der Waals surface area contributed by atoms with Crippen LogP contribution in [0.4, 0.5) is 0 Å². The van der Waals surface area contributed by atoms with Crippen LogP contribution in [0.2, 0.25) is 10.0 Å². The van der Waals surface area contributed by atoms with Gasteiger partial charge in [-0.15, -0.1) is 0 Å². The van der Waals surface area contributed by atoms with Gasteiger partial charge in [0.15, 0.2) is 0 Å². The van der Waals surface area contributed by atoms with Crippen LogP contribution in [0, 0.1) is 0 Å². The van der Waals surface area contributed by atoms with E-state index < -0.39 is 12.1 Å². The molecule has 0 saturated carbocycles. The predicted octanol–water partition coefficient (Wildman–Crippen LogP) is 3.52. The molecule has 0 aromatic heterocycles. The maximum atomic E-state index is 11.4. The Kier molecular flexibility index (Phi) is 5.72. The van der Waals surface area contributed by atoms with Crippen molar-refractivity contribution in [2.75, 3.05) is 7.11 Å². The topological polar surface area (TPSA) is 46.5 Å². The van der Waals surface area contributed by atoms with Crippen molar-refractivity contribution in [3.8, 4) is 0 Å². The van der Waals surface area contributed by atoms with Crippen LogP contribution in [-0.2, 0) is 9.53 Å². The Morgan fingerprint density at radius 1 is 1.53 bits per heavy atom. The lowest BCUT2D eigenvalue weighted by Crippen LogP contribution is -2.13. The van der Waals surface area contributed by atoms with Crippen LogP contribution in [0.5, 0.6) is 0 Å². The zero-order chi connectivity index (χ0) is 13.0. The van der Waals surface area contributed by atoms with E-state index in [4.69, 9.17) is 23.2 Å². The standard InChI is InChI=1S/C11H9Cl2IO3/c1-17-11(16)8(5-14)10(15)7-3-2-6(12)4-9(7)13/h2-5,10,15H,1H3/b8-5-. The van der Waals surface area contributed by atoms with Crippen molar-refractivity contribution in [1.29, 1.82) is 0 Å². The van der Waals surface area contributed by atoms with Crippen LogP contribution in [0.1, 0.15) is 11.7 Å². The first-order valence-electron chi connectivity index (χ1n) is 4.52. The quantitative estimate of drug-likeness (QED) is 0.491. The van der Waals surface area contributed by atoms with Crippen LogP contribution in [0.15, 0.2) is 27.9 Å². The fraction of sp³-hybridized carbons (Fsp3) is 0.182. The molecule has 0 amide bonds. The van der Waals surface area contributed by atoms with Gasteiger partial charge in [0.25, 0.3) is 0 Å². The lowest BCUT2D eigenvalue weighted by Gasteiger charge is -2.14. The summed E-state index contributed by atoms with van der Waals surface area (Å²) in [5, 5.41) is 10.8. The van der Waals surface area contributed by atoms with E-state index in [0.717, 1.165) is 0 Å². The average molecular weight is 387 g/mol. The fourth-order valence-electron chi connectivity index (χ4n) is 1.22. The van der Waals surface area contributed by atoms with Gasteiger partial charge in [-0.25, -0.2) is 4.79 Å². The number of carbonyl (C=O) groups excluding carboxylic acids is 1. The largest absolute Gasteiger partial charge is 0.466 e. The second-order valence-corrected chi connectivity index (χ2v) is 4.59. The molecular formula is C11H9Cl2IO3. The maximum absolute atomic E-state index is 11.4. The monoisotopic (exact) mass is 386 g/mol. The first-order valence-corrected chi connectivity index (χ1v) is 6.53. The summed E-state index contributed by atoms with van der Waals surface area (Å²) in [5.74, 6) is -0.599. The molecule has 92 valence electrons. The first kappa shape index (κ1) is 14.8. The molecule has 1 aromatic rings. The maximum Gasteiger partial charge on any atom is 0.337 e. The number of esters is 1. The third-order valence-electron chi connectivity index (χ3n) is 2.09. The Labute approximate surface area is 123 Å². The summed E-state index contributed by atoms with van der Waals surface area (Å²) in [5.41, 5.74) is 0.529. The van der Waals surface area contributed by atoms with Crippen LogP contribution in [0.25, 0.3) is 0 Å². The number of ether oxygens (including phenoxy) is 1. The van der Waals surface area contributed by atoms with Crippen LogP contribution < -0.4 is 0 Å². The van der Waals surface area contributed by atoms with Gasteiger partial charge in [0.2, 0.25) is 0 Å². The van der Waals surface area contributed by atoms with Gasteiger partial charge in [0.05, 0.1) is 12.7 Å². The second-order valence-electron chi connectivity index (χ2n) is 3.12. The van der Waals surface area contributed by atoms with Crippen LogP contribution in [0.3, 0.4) is 0 Å². The molecule has 1 rings (SSSR count). The third-order valence-corrected chi connectivity index (χ3v) is 3.32. The number of benzene rings is 1. The minimum absolute atomic E-state index is 0.123. The number of aliphatic hydroxyl groups is 1. The van der Waals surface area contributed by atoms with Gasteiger partial charge in [0.1, 0.15) is 6.10 Å². The minimum Gasteiger partial charge on any atom is -0.466 e. The first-order chi connectivity index (χ1) is 8.01. The normalized spacial score (nSPS) is 13.4. The van der Waals surface area contributed by atoms with E-state index in [2.05, 4.69) is 4.74 Å². The highest BCUT2D eigenvalue weighted by Gasteiger charge is 2.22. The van der Waals surface area contributed by atoms with Gasteiger partial charge in [-0.1, -0.05) is 51.9 Å². The number of rotatable bonds is 3. The minimum atomic E-state index is -1.14. The number of halogens is 3. The molecule has 0 fully saturated rings. The smallest absolute Gasteiger partial charge is 0.337 e. The van der Waals surface area contributed by atoms with Crippen LogP contribution in [-0.4, -0.2) is 18.2 Å². The number of aliphatic hydroxyl groups excluding tert-OH is 1. The Morgan fingerprint density at radius 2 is 2.18 bits per heavy atom. The second kappa shape index (κ2) is 6.58. The molecule has 0 bridgehead atoms. The Morgan fingerprint density at radius 3 is 2.65 bits per heavy atom. The van der Waals surface area contributed by atoms with E-state index in [1.165, 1.54) is 17.3 Å². The molecule has 0 spiro atoms. The molecule has 0 saturated heterocycles. The summed E-state index contributed by atoms with van der Waals surface area (Å²) >= 11 is 13.6. The SMILES string of the molecule is COC(=O)/C(=C\I)C(O)c1ccc(Cl)cc1Cl. The van der Waals surface area contributed by atoms with Crippen molar-refractivity contribution in [2.24, 2.45) is 0 Å². The number of carbonyl (C=O) groups is 1. The summed E-state index contributed by atoms with van der Waals surface area (Å²) in [6.07, 6.45) is -1.14. The number of hydrogen-bond acceptors (Lipinski definition) is 3. The summed E-state index contributed by atoms with van der Waals surface area (Å²) in [7, 11) is 1.25. The van der Waals surface area contributed by atoms with Crippen molar-refractivity contribution in [3.63, 3.8) is 0 Å². The molecule has 6 heteroatoms. The van der Waals surface area contributed by atoms with Crippen molar-refractivity contribution < 1.29 is 14.6 Å². The Bertz CT molecular complexity index is 460. The molecule has 0 aliphatic rings. The Balaban J connectivity index is 3.11. The molecule has 1 unspecified atom stereocenters. The van der Waals surface area contributed by atoms with Crippen LogP contribution >= 0.6 is 45.8 Å². The highest BCUT2D eigenvalue weighted by atomic mass is 127. The van der Waals surface area contributed by atoms with Crippen molar-refractivity contribution in [3.05, 3.63) is 43.5 Å². The van der Waals surface area contributed by atoms with Gasteiger partial charge in [-0.3, -0.25) is 0 Å². The fourth-order valence-corrected chi connectivity index (χ4v) is 2.33. The summed E-state index contributed by atoms with van der Waals surface area (Å²) < 4.78 is 6.03. The van der Waals surface area contributed by atoms with Crippen molar-refractivity contribution in [1.82, 2.24) is 0 Å². The highest BCUT2D eigenvalue weighted by Crippen LogP contribution is 2.31. The molecule has 0 aliphatic heterocycles. The molecule has 0 radical (unpaired) electrons. The molecule has 1 atom stereocenters. The van der Waals surface area contributed by atoms with E-state index in [1.54, 1.807) is 12.1 Å². The van der Waals surface area contributed by atoms with E-state index in [-0.39, 0.29) is 5.57 Å². The summed E-state index contributed by atoms with van der Waals surface area (Å²) in [6.45, 7) is 0. The predicted molar refractivity (Wildman–Crippen MR) is 75.5 cm³/mol. The average Bonchev–Trinajstić information content (AvgIpc) is 2.29. The van der Waals surface area contributed by atoms with Gasteiger partial charge in [0, 0.05) is 15.6 Å². The molecule has 1 N–H and O–H groups in total. The van der Waals surface area contributed by atoms with E-state index >= 15 is 0 Å². The molecule has 17 heavy (non-hydrogen) atoms. The lowest BCUT2D eigenvalue weighted by atomic mass is 10.0. The summed E-state index contributed by atoms with van der Waals surface area (Å²) in [6, 6.07) is 4.66. The number of methoxy groups -OCH3 is 1. The van der Waals surface area contributed by atoms with Gasteiger partial charge < -0.3 is 9.84 Å². The van der Waals surface area contributed by atoms with Crippen molar-refractivity contribution in [2.45, 2.75) is 6.10 Å². The van der Waals surface area contributed by atoms with Gasteiger partial charge in [-0.2, -0.15) is 0 Å². The highest BCUT2D eigenvalue weighted by molar-refractivity contribution is 14.1. The van der Waals surface area contributed by atoms with E-state index in [0.29, 0.717) is 15.6 Å². The molecule has 3 nitrogen and oxygen atoms in total. The van der Waals surface area contributed by atoms with E-state index in [1.807, 2.05) is 22.6 Å². The van der Waals surface area contributed by atoms with Gasteiger partial charge >= 0.3 is 5.97 Å². The van der Waals surface area contributed by atoms with Crippen molar-refractivity contribution >= 4 is 51.8 Å². The molecule has 1 aromatic carbocycles. The molecular weight excluding hydrogens is 378 g/mol. The zero-order valence-electron chi connectivity index (χ0n) is 8.78. The Hall–Kier alpha value is -0.300. The third kappa shape index (κ3) is 3.58.